The van der Waals surface area contributed by atoms with Crippen LogP contribution in [-0.4, -0.2) is 129 Å². The smallest absolute Gasteiger partial charge is 0.251 e. The first kappa shape index (κ1) is 26.2. The van der Waals surface area contributed by atoms with Gasteiger partial charge < -0.3 is 56.1 Å². The molecule has 3 heterocycles. The maximum Gasteiger partial charge on any atom is 0.251 e. The van der Waals surface area contributed by atoms with Crippen LogP contribution in [0, 0.1) is 5.92 Å². The molecule has 4 aliphatic rings. The van der Waals surface area contributed by atoms with Gasteiger partial charge in [-0.2, -0.15) is 0 Å². The Morgan fingerprint density at radius 1 is 0.657 bits per heavy atom. The van der Waals surface area contributed by atoms with Crippen LogP contribution in [0.15, 0.2) is 0 Å². The summed E-state index contributed by atoms with van der Waals surface area (Å²) < 4.78 is 11.1. The summed E-state index contributed by atoms with van der Waals surface area (Å²) in [6, 6.07) is -3.51. The lowest BCUT2D eigenvalue weighted by atomic mass is 9.82. The molecule has 0 aromatic heterocycles. The van der Waals surface area contributed by atoms with Gasteiger partial charge in [-0.1, -0.05) is 12.8 Å². The van der Waals surface area contributed by atoms with Gasteiger partial charge in [0.2, 0.25) is 5.91 Å². The highest BCUT2D eigenvalue weighted by Crippen LogP contribution is 2.29. The van der Waals surface area contributed by atoms with Crippen LogP contribution in [0.1, 0.15) is 25.7 Å². The highest BCUT2D eigenvalue weighted by Gasteiger charge is 2.53. The fraction of sp³-hybridized carbons (Fsp3) is 0.857. The van der Waals surface area contributed by atoms with Crippen LogP contribution >= 0.6 is 0 Å². The number of hydrogen-bond donors (Lipinski definition) is 9. The minimum atomic E-state index is -1.72. The Labute approximate surface area is 200 Å². The Hall–Kier alpha value is -1.91. The van der Waals surface area contributed by atoms with Gasteiger partial charge in [0, 0.05) is 6.04 Å². The zero-order valence-electron chi connectivity index (χ0n) is 18.9. The monoisotopic (exact) mass is 503 g/mol. The second-order valence-electron chi connectivity index (χ2n) is 9.59. The molecule has 3 saturated heterocycles. The van der Waals surface area contributed by atoms with Crippen molar-refractivity contribution >= 4 is 17.7 Å². The molecule has 35 heavy (non-hydrogen) atoms. The molecule has 9 N–H and O–H groups in total. The third-order valence-corrected chi connectivity index (χ3v) is 7.42. The van der Waals surface area contributed by atoms with E-state index in [-0.39, 0.29) is 0 Å². The molecule has 0 aromatic carbocycles. The Bertz CT molecular complexity index is 815. The molecule has 3 aliphatic heterocycles. The van der Waals surface area contributed by atoms with E-state index in [0.717, 1.165) is 6.42 Å². The van der Waals surface area contributed by atoms with Crippen molar-refractivity contribution in [3.8, 4) is 0 Å². The van der Waals surface area contributed by atoms with Gasteiger partial charge in [-0.3, -0.25) is 14.4 Å². The Balaban J connectivity index is 1.72. The van der Waals surface area contributed by atoms with E-state index in [1.54, 1.807) is 0 Å². The molecule has 0 unspecified atom stereocenters. The van der Waals surface area contributed by atoms with E-state index in [4.69, 9.17) is 9.47 Å². The molecule has 12 atom stereocenters. The third kappa shape index (κ3) is 4.89. The molecule has 1 saturated carbocycles. The fourth-order valence-corrected chi connectivity index (χ4v) is 5.40. The maximum absolute atomic E-state index is 13.2. The number of carbonyl (C=O) groups excluding carboxylic acids is 3. The first-order chi connectivity index (χ1) is 16.7. The van der Waals surface area contributed by atoms with Gasteiger partial charge in [-0.25, -0.2) is 0 Å². The van der Waals surface area contributed by atoms with Crippen molar-refractivity contribution in [1.29, 1.82) is 0 Å². The molecule has 0 aromatic rings. The van der Waals surface area contributed by atoms with Crippen LogP contribution in [0.2, 0.25) is 0 Å². The number of fused-ring (bicyclic) bond motifs is 3. The average molecular weight is 504 g/mol. The minimum absolute atomic E-state index is 0.411. The lowest BCUT2D eigenvalue weighted by Gasteiger charge is -2.46. The number of aliphatic hydroxyl groups excluding tert-OH is 6. The van der Waals surface area contributed by atoms with Crippen LogP contribution < -0.4 is 16.0 Å². The second-order valence-corrected chi connectivity index (χ2v) is 9.59. The van der Waals surface area contributed by atoms with Crippen molar-refractivity contribution in [3.63, 3.8) is 0 Å². The zero-order chi connectivity index (χ0) is 25.4. The van der Waals surface area contributed by atoms with E-state index < -0.39 is 104 Å². The molecular formula is C21H33N3O11. The highest BCUT2D eigenvalue weighted by atomic mass is 16.5. The molecule has 4 fully saturated rings. The van der Waals surface area contributed by atoms with E-state index in [0.29, 0.717) is 19.3 Å². The number of hydrogen-bond acceptors (Lipinski definition) is 11. The van der Waals surface area contributed by atoms with Crippen molar-refractivity contribution in [2.75, 3.05) is 13.2 Å². The van der Waals surface area contributed by atoms with Crippen LogP contribution in [0.3, 0.4) is 0 Å². The molecule has 14 heteroatoms. The van der Waals surface area contributed by atoms with Crippen LogP contribution in [0.25, 0.3) is 0 Å². The van der Waals surface area contributed by atoms with Gasteiger partial charge in [-0.15, -0.1) is 0 Å². The van der Waals surface area contributed by atoms with Gasteiger partial charge in [0.25, 0.3) is 11.8 Å². The van der Waals surface area contributed by atoms with E-state index in [9.17, 15) is 45.0 Å². The number of ether oxygens (including phenoxy) is 2. The molecule has 198 valence electrons. The molecule has 0 radical (unpaired) electrons. The summed E-state index contributed by atoms with van der Waals surface area (Å²) in [4.78, 5) is 39.6. The molecule has 0 spiro atoms. The number of rotatable bonds is 2. The predicted octanol–water partition coefficient (Wildman–Crippen LogP) is -5.39. The standard InChI is InChI=1S/C21H33N3O11/c25-5-9-14(28)16(30)12-17(34-9)20(32)22-8-4-2-1-3-7(8)19(31)23-11-15(29)13(27)10(6-26)35-18(11)21(33)24-12/h7-18,25-30H,1-6H2,(H,22,32)(H,23,31)(H,24,33)/t7-,8-,9-,10-,11-,12-,13-,14-,15-,16-,17-,18-/m1/s1. The molecule has 1 aliphatic carbocycles. The maximum atomic E-state index is 13.2. The Morgan fingerprint density at radius 2 is 1.11 bits per heavy atom. The van der Waals surface area contributed by atoms with Crippen molar-refractivity contribution < 1.29 is 54.5 Å². The summed E-state index contributed by atoms with van der Waals surface area (Å²) in [6.45, 7) is -1.43. The summed E-state index contributed by atoms with van der Waals surface area (Å²) in [5.41, 5.74) is 0. The van der Waals surface area contributed by atoms with Gasteiger partial charge >= 0.3 is 0 Å². The molecular weight excluding hydrogens is 470 g/mol. The molecule has 14 nitrogen and oxygen atoms in total. The Kier molecular flexibility index (Phi) is 7.92. The largest absolute Gasteiger partial charge is 0.394 e. The summed E-state index contributed by atoms with van der Waals surface area (Å²) in [5, 5.41) is 68.9. The number of amides is 3. The van der Waals surface area contributed by atoms with Gasteiger partial charge in [-0.05, 0) is 12.8 Å². The Morgan fingerprint density at radius 3 is 1.63 bits per heavy atom. The van der Waals surface area contributed by atoms with E-state index >= 15 is 0 Å². The summed E-state index contributed by atoms with van der Waals surface area (Å²) in [6.07, 6.45) is -10.1. The molecule has 0 bridgehead atoms. The summed E-state index contributed by atoms with van der Waals surface area (Å²) >= 11 is 0. The predicted molar refractivity (Wildman–Crippen MR) is 113 cm³/mol. The van der Waals surface area contributed by atoms with Crippen LogP contribution in [-0.2, 0) is 23.9 Å². The number of nitrogens with one attached hydrogen (secondary N) is 3. The van der Waals surface area contributed by atoms with E-state index in [2.05, 4.69) is 16.0 Å². The normalized spacial score (nSPS) is 47.0. The topological polar surface area (TPSA) is 227 Å². The van der Waals surface area contributed by atoms with E-state index in [1.807, 2.05) is 0 Å². The second kappa shape index (κ2) is 10.6. The van der Waals surface area contributed by atoms with Gasteiger partial charge in [0.15, 0.2) is 12.2 Å². The SMILES string of the molecule is O=C1N[C@@H]2[C@@H](O)[C@H](O)[C@@H](CO)O[C@H]2C(=O)N[C@@H]2[C@@H](O)[C@H](O)[C@@H](CO)O[C@H]2C(=O)N[C@@H]2CCCC[C@@H]12. The summed E-state index contributed by atoms with van der Waals surface area (Å²) in [5.74, 6) is -3.00. The number of aliphatic hydroxyl groups is 6. The van der Waals surface area contributed by atoms with Crippen LogP contribution in [0.5, 0.6) is 0 Å². The quantitative estimate of drug-likeness (QED) is 0.173. The first-order valence-corrected chi connectivity index (χ1v) is 11.8. The van der Waals surface area contributed by atoms with Crippen molar-refractivity contribution in [1.82, 2.24) is 16.0 Å². The lowest BCUT2D eigenvalue weighted by Crippen LogP contribution is -2.72. The fourth-order valence-electron chi connectivity index (χ4n) is 5.40. The van der Waals surface area contributed by atoms with Gasteiger partial charge in [0.1, 0.15) is 36.6 Å². The molecule has 3 amide bonds. The highest BCUT2D eigenvalue weighted by molar-refractivity contribution is 5.88. The van der Waals surface area contributed by atoms with E-state index in [1.165, 1.54) is 0 Å². The van der Waals surface area contributed by atoms with Crippen molar-refractivity contribution in [3.05, 3.63) is 0 Å². The molecule has 4 rings (SSSR count). The van der Waals surface area contributed by atoms with Gasteiger partial charge in [0.05, 0.1) is 31.2 Å². The lowest BCUT2D eigenvalue weighted by molar-refractivity contribution is -0.209. The summed E-state index contributed by atoms with van der Waals surface area (Å²) in [7, 11) is 0. The zero-order valence-corrected chi connectivity index (χ0v) is 18.9. The van der Waals surface area contributed by atoms with Crippen molar-refractivity contribution in [2.24, 2.45) is 5.92 Å². The average Bonchev–Trinajstić information content (AvgIpc) is 2.84. The minimum Gasteiger partial charge on any atom is -0.394 e. The number of carbonyl (C=O) groups is 3. The van der Waals surface area contributed by atoms with Crippen molar-refractivity contribution in [2.45, 2.75) is 92.6 Å². The third-order valence-electron chi connectivity index (χ3n) is 7.42. The van der Waals surface area contributed by atoms with Crippen LogP contribution in [0.4, 0.5) is 0 Å². The first-order valence-electron chi connectivity index (χ1n) is 11.8.